The van der Waals surface area contributed by atoms with Crippen molar-refractivity contribution >= 4 is 5.91 Å². The lowest BCUT2D eigenvalue weighted by Gasteiger charge is -2.39. The molecule has 1 amide bonds. The molecule has 2 heterocycles. The number of ether oxygens (including phenoxy) is 1. The first-order chi connectivity index (χ1) is 10.9. The van der Waals surface area contributed by atoms with E-state index in [-0.39, 0.29) is 17.4 Å². The standard InChI is InChI=1S/C18H22N2O3/c1-12-14(9-19-23-12)17(21)20-10-13(11-20)22-16-8-6-5-7-15(16)18(2,3)4/h5-9,13H,10-11H2,1-4H3. The van der Waals surface area contributed by atoms with Crippen LogP contribution in [0.5, 0.6) is 5.75 Å². The van der Waals surface area contributed by atoms with Gasteiger partial charge in [-0.1, -0.05) is 44.1 Å². The summed E-state index contributed by atoms with van der Waals surface area (Å²) < 4.78 is 11.1. The van der Waals surface area contributed by atoms with Gasteiger partial charge in [0.15, 0.2) is 0 Å². The fraction of sp³-hybridized carbons (Fsp3) is 0.444. The highest BCUT2D eigenvalue weighted by Gasteiger charge is 2.35. The second kappa shape index (κ2) is 5.72. The molecule has 0 saturated carbocycles. The maximum Gasteiger partial charge on any atom is 0.259 e. The van der Waals surface area contributed by atoms with Crippen molar-refractivity contribution in [1.29, 1.82) is 0 Å². The predicted octanol–water partition coefficient (Wildman–Crippen LogP) is 3.18. The molecule has 1 aliphatic rings. The Morgan fingerprint density at radius 1 is 1.30 bits per heavy atom. The van der Waals surface area contributed by atoms with E-state index in [1.165, 1.54) is 11.8 Å². The van der Waals surface area contributed by atoms with E-state index in [9.17, 15) is 4.79 Å². The lowest BCUT2D eigenvalue weighted by molar-refractivity contribution is 0.0170. The lowest BCUT2D eigenvalue weighted by atomic mass is 9.86. The smallest absolute Gasteiger partial charge is 0.259 e. The summed E-state index contributed by atoms with van der Waals surface area (Å²) in [6.07, 6.45) is 1.50. The van der Waals surface area contributed by atoms with Crippen LogP contribution in [0.25, 0.3) is 0 Å². The summed E-state index contributed by atoms with van der Waals surface area (Å²) in [5.74, 6) is 1.41. The number of nitrogens with zero attached hydrogens (tertiary/aromatic N) is 2. The maximum absolute atomic E-state index is 12.3. The number of carbonyl (C=O) groups excluding carboxylic acids is 1. The van der Waals surface area contributed by atoms with E-state index in [1.807, 2.05) is 18.2 Å². The first kappa shape index (κ1) is 15.6. The highest BCUT2D eigenvalue weighted by molar-refractivity contribution is 5.95. The van der Waals surface area contributed by atoms with Gasteiger partial charge in [0, 0.05) is 0 Å². The Morgan fingerprint density at radius 3 is 2.61 bits per heavy atom. The third-order valence-corrected chi connectivity index (χ3v) is 4.11. The van der Waals surface area contributed by atoms with Crippen LogP contribution >= 0.6 is 0 Å². The van der Waals surface area contributed by atoms with Crippen molar-refractivity contribution in [2.45, 2.75) is 39.2 Å². The van der Waals surface area contributed by atoms with Gasteiger partial charge in [-0.3, -0.25) is 4.79 Å². The summed E-state index contributed by atoms with van der Waals surface area (Å²) in [7, 11) is 0. The Kier molecular flexibility index (Phi) is 3.88. The van der Waals surface area contributed by atoms with Crippen LogP contribution in [0.2, 0.25) is 0 Å². The molecular weight excluding hydrogens is 292 g/mol. The summed E-state index contributed by atoms with van der Waals surface area (Å²) in [6, 6.07) is 8.10. The molecule has 0 bridgehead atoms. The van der Waals surface area contributed by atoms with Crippen LogP contribution in [-0.2, 0) is 5.41 Å². The number of hydrogen-bond donors (Lipinski definition) is 0. The van der Waals surface area contributed by atoms with Gasteiger partial charge in [-0.25, -0.2) is 0 Å². The molecule has 0 unspecified atom stereocenters. The van der Waals surface area contributed by atoms with Crippen molar-refractivity contribution in [1.82, 2.24) is 10.1 Å². The number of likely N-dealkylation sites (tertiary alicyclic amines) is 1. The molecule has 1 aromatic carbocycles. The Hall–Kier alpha value is -2.30. The number of hydrogen-bond acceptors (Lipinski definition) is 4. The first-order valence-electron chi connectivity index (χ1n) is 7.83. The number of rotatable bonds is 3. The van der Waals surface area contributed by atoms with Gasteiger partial charge < -0.3 is 14.2 Å². The average Bonchev–Trinajstić information content (AvgIpc) is 2.87. The number of aromatic nitrogens is 1. The number of benzene rings is 1. The van der Waals surface area contributed by atoms with Gasteiger partial charge in [0.2, 0.25) is 0 Å². The van der Waals surface area contributed by atoms with Crippen molar-refractivity contribution in [2.24, 2.45) is 0 Å². The van der Waals surface area contributed by atoms with E-state index in [4.69, 9.17) is 9.26 Å². The topological polar surface area (TPSA) is 55.6 Å². The molecule has 3 rings (SSSR count). The quantitative estimate of drug-likeness (QED) is 0.873. The molecule has 5 nitrogen and oxygen atoms in total. The summed E-state index contributed by atoms with van der Waals surface area (Å²) in [4.78, 5) is 14.1. The second-order valence-corrected chi connectivity index (χ2v) is 6.99. The Labute approximate surface area is 136 Å². The molecular formula is C18H22N2O3. The minimum absolute atomic E-state index is 0.0232. The number of para-hydroxylation sites is 1. The van der Waals surface area contributed by atoms with Gasteiger partial charge in [0.05, 0.1) is 19.3 Å². The summed E-state index contributed by atoms with van der Waals surface area (Å²) in [6.45, 7) is 9.42. The molecule has 23 heavy (non-hydrogen) atoms. The molecule has 1 fully saturated rings. The summed E-state index contributed by atoms with van der Waals surface area (Å²) in [5, 5.41) is 3.66. The second-order valence-electron chi connectivity index (χ2n) is 6.99. The molecule has 0 aliphatic carbocycles. The minimum atomic E-state index is -0.0484. The van der Waals surface area contributed by atoms with Crippen molar-refractivity contribution in [3.05, 3.63) is 47.3 Å². The van der Waals surface area contributed by atoms with Crippen molar-refractivity contribution in [2.75, 3.05) is 13.1 Å². The van der Waals surface area contributed by atoms with E-state index < -0.39 is 0 Å². The Morgan fingerprint density at radius 2 is 2.00 bits per heavy atom. The zero-order valence-corrected chi connectivity index (χ0v) is 14.0. The highest BCUT2D eigenvalue weighted by Crippen LogP contribution is 2.32. The molecule has 122 valence electrons. The molecule has 1 saturated heterocycles. The summed E-state index contributed by atoms with van der Waals surface area (Å²) >= 11 is 0. The SMILES string of the molecule is Cc1oncc1C(=O)N1CC(Oc2ccccc2C(C)(C)C)C1. The van der Waals surface area contributed by atoms with Crippen LogP contribution in [0.15, 0.2) is 35.0 Å². The predicted molar refractivity (Wildman–Crippen MR) is 86.7 cm³/mol. The average molecular weight is 314 g/mol. The van der Waals surface area contributed by atoms with Gasteiger partial charge in [-0.05, 0) is 24.0 Å². The van der Waals surface area contributed by atoms with Crippen LogP contribution in [0.3, 0.4) is 0 Å². The molecule has 2 aromatic rings. The van der Waals surface area contributed by atoms with Crippen LogP contribution in [0.1, 0.15) is 42.5 Å². The monoisotopic (exact) mass is 314 g/mol. The van der Waals surface area contributed by atoms with E-state index in [1.54, 1.807) is 11.8 Å². The van der Waals surface area contributed by atoms with Crippen LogP contribution in [0.4, 0.5) is 0 Å². The minimum Gasteiger partial charge on any atom is -0.486 e. The maximum atomic E-state index is 12.3. The van der Waals surface area contributed by atoms with Crippen molar-refractivity contribution < 1.29 is 14.1 Å². The number of aryl methyl sites for hydroxylation is 1. The van der Waals surface area contributed by atoms with E-state index in [0.29, 0.717) is 24.4 Å². The van der Waals surface area contributed by atoms with E-state index >= 15 is 0 Å². The Bertz CT molecular complexity index is 709. The molecule has 5 heteroatoms. The van der Waals surface area contributed by atoms with Crippen molar-refractivity contribution in [3.63, 3.8) is 0 Å². The molecule has 0 spiro atoms. The third-order valence-electron chi connectivity index (χ3n) is 4.11. The summed E-state index contributed by atoms with van der Waals surface area (Å²) in [5.41, 5.74) is 1.73. The highest BCUT2D eigenvalue weighted by atomic mass is 16.5. The van der Waals surface area contributed by atoms with Gasteiger partial charge >= 0.3 is 0 Å². The van der Waals surface area contributed by atoms with Crippen molar-refractivity contribution in [3.8, 4) is 5.75 Å². The molecule has 0 N–H and O–H groups in total. The van der Waals surface area contributed by atoms with Gasteiger partial charge in [-0.15, -0.1) is 0 Å². The van der Waals surface area contributed by atoms with Gasteiger partial charge in [0.25, 0.3) is 5.91 Å². The normalized spacial score (nSPS) is 15.4. The third kappa shape index (κ3) is 3.09. The largest absolute Gasteiger partial charge is 0.486 e. The lowest BCUT2D eigenvalue weighted by Crippen LogP contribution is -2.56. The number of amides is 1. The van der Waals surface area contributed by atoms with Crippen LogP contribution in [0, 0.1) is 6.92 Å². The molecule has 0 atom stereocenters. The van der Waals surface area contributed by atoms with E-state index in [0.717, 1.165) is 5.75 Å². The van der Waals surface area contributed by atoms with Crippen LogP contribution < -0.4 is 4.74 Å². The number of carbonyl (C=O) groups is 1. The fourth-order valence-corrected chi connectivity index (χ4v) is 2.72. The van der Waals surface area contributed by atoms with Crippen LogP contribution in [-0.4, -0.2) is 35.2 Å². The zero-order chi connectivity index (χ0) is 16.6. The first-order valence-corrected chi connectivity index (χ1v) is 7.83. The van der Waals surface area contributed by atoms with E-state index in [2.05, 4.69) is 32.0 Å². The molecule has 1 aromatic heterocycles. The zero-order valence-electron chi connectivity index (χ0n) is 14.0. The van der Waals surface area contributed by atoms with Gasteiger partial charge in [-0.2, -0.15) is 0 Å². The Balaban J connectivity index is 1.63. The van der Waals surface area contributed by atoms with Gasteiger partial charge in [0.1, 0.15) is 23.2 Å². The fourth-order valence-electron chi connectivity index (χ4n) is 2.72. The molecule has 0 radical (unpaired) electrons. The molecule has 1 aliphatic heterocycles.